The molecule has 0 spiro atoms. The highest BCUT2D eigenvalue weighted by atomic mass is 79.9. The molecule has 0 aliphatic heterocycles. The van der Waals surface area contributed by atoms with Crippen LogP contribution in [0.15, 0.2) is 41.0 Å². The fourth-order valence-electron chi connectivity index (χ4n) is 1.80. The van der Waals surface area contributed by atoms with Gasteiger partial charge in [0.2, 0.25) is 0 Å². The molecule has 0 saturated heterocycles. The Bertz CT molecular complexity index is 509. The number of halogens is 1. The fraction of sp³-hybridized carbons (Fsp3) is 0.308. The van der Waals surface area contributed by atoms with E-state index in [2.05, 4.69) is 51.2 Å². The summed E-state index contributed by atoms with van der Waals surface area (Å²) in [5.74, 6) is 0.574. The summed E-state index contributed by atoms with van der Waals surface area (Å²) in [6.45, 7) is 2.71. The van der Waals surface area contributed by atoms with Gasteiger partial charge in [0, 0.05) is 23.8 Å². The van der Waals surface area contributed by atoms with Gasteiger partial charge in [-0.15, -0.1) is 0 Å². The van der Waals surface area contributed by atoms with Gasteiger partial charge in [-0.3, -0.25) is 4.68 Å². The third-order valence-corrected chi connectivity index (χ3v) is 3.21. The Morgan fingerprint density at radius 2 is 2.22 bits per heavy atom. The van der Waals surface area contributed by atoms with Crippen molar-refractivity contribution in [2.45, 2.75) is 13.1 Å². The molecule has 0 amide bonds. The van der Waals surface area contributed by atoms with Gasteiger partial charge >= 0.3 is 0 Å². The van der Waals surface area contributed by atoms with E-state index in [0.29, 0.717) is 5.82 Å². The van der Waals surface area contributed by atoms with Crippen molar-refractivity contribution in [2.24, 2.45) is 0 Å². The maximum absolute atomic E-state index is 5.57. The van der Waals surface area contributed by atoms with Gasteiger partial charge in [-0.2, -0.15) is 5.10 Å². The van der Waals surface area contributed by atoms with Crippen LogP contribution < -0.4 is 5.73 Å². The zero-order valence-corrected chi connectivity index (χ0v) is 12.0. The lowest BCUT2D eigenvalue weighted by Gasteiger charge is -2.16. The van der Waals surface area contributed by atoms with E-state index in [4.69, 9.17) is 5.73 Å². The van der Waals surface area contributed by atoms with Gasteiger partial charge in [0.1, 0.15) is 5.82 Å². The molecule has 0 atom stereocenters. The Kier molecular flexibility index (Phi) is 4.38. The molecule has 1 heterocycles. The lowest BCUT2D eigenvalue weighted by molar-refractivity contribution is 0.305. The van der Waals surface area contributed by atoms with E-state index < -0.39 is 0 Å². The molecule has 0 aliphatic rings. The summed E-state index contributed by atoms with van der Waals surface area (Å²) >= 11 is 3.48. The molecule has 0 saturated carbocycles. The van der Waals surface area contributed by atoms with Crippen LogP contribution in [0, 0.1) is 0 Å². The quantitative estimate of drug-likeness (QED) is 0.922. The normalized spacial score (nSPS) is 11.1. The molecule has 1 aromatic heterocycles. The second-order valence-electron chi connectivity index (χ2n) is 4.37. The number of anilines is 1. The first kappa shape index (κ1) is 13.1. The Labute approximate surface area is 116 Å². The molecule has 4 nitrogen and oxygen atoms in total. The highest BCUT2D eigenvalue weighted by Gasteiger charge is 2.02. The minimum atomic E-state index is 0.574. The topological polar surface area (TPSA) is 47.1 Å². The Morgan fingerprint density at radius 1 is 1.39 bits per heavy atom. The molecule has 18 heavy (non-hydrogen) atoms. The predicted octanol–water partition coefficient (Wildman–Crippen LogP) is 2.36. The molecule has 2 N–H and O–H groups in total. The molecule has 0 unspecified atom stereocenters. The van der Waals surface area contributed by atoms with Crippen molar-refractivity contribution < 1.29 is 0 Å². The minimum absolute atomic E-state index is 0.574. The van der Waals surface area contributed by atoms with E-state index in [1.54, 1.807) is 0 Å². The van der Waals surface area contributed by atoms with E-state index in [1.807, 2.05) is 23.0 Å². The number of hydrogen-bond donors (Lipinski definition) is 1. The fourth-order valence-corrected chi connectivity index (χ4v) is 2.25. The number of nitrogens with zero attached hydrogens (tertiary/aromatic N) is 3. The van der Waals surface area contributed by atoms with Crippen molar-refractivity contribution in [3.05, 3.63) is 46.6 Å². The van der Waals surface area contributed by atoms with E-state index >= 15 is 0 Å². The van der Waals surface area contributed by atoms with Gasteiger partial charge < -0.3 is 10.6 Å². The second-order valence-corrected chi connectivity index (χ2v) is 5.29. The van der Waals surface area contributed by atoms with Gasteiger partial charge in [-0.05, 0) is 30.8 Å². The van der Waals surface area contributed by atoms with Crippen molar-refractivity contribution in [2.75, 3.05) is 19.3 Å². The minimum Gasteiger partial charge on any atom is -0.382 e. The first-order valence-corrected chi connectivity index (χ1v) is 6.65. The Morgan fingerprint density at radius 3 is 2.89 bits per heavy atom. The Balaban J connectivity index is 1.83. The summed E-state index contributed by atoms with van der Waals surface area (Å²) in [6.07, 6.45) is 1.91. The molecule has 5 heteroatoms. The molecule has 0 fully saturated rings. The van der Waals surface area contributed by atoms with Crippen LogP contribution >= 0.6 is 15.9 Å². The number of nitrogen functional groups attached to an aromatic ring is 1. The SMILES string of the molecule is CN(CCn1ccc(N)n1)Cc1cccc(Br)c1. The van der Waals surface area contributed by atoms with Crippen molar-refractivity contribution in [1.29, 1.82) is 0 Å². The maximum Gasteiger partial charge on any atom is 0.145 e. The molecule has 96 valence electrons. The summed E-state index contributed by atoms with van der Waals surface area (Å²) in [5.41, 5.74) is 6.87. The summed E-state index contributed by atoms with van der Waals surface area (Å²) in [5, 5.41) is 4.16. The Hall–Kier alpha value is -1.33. The summed E-state index contributed by atoms with van der Waals surface area (Å²) < 4.78 is 2.99. The van der Waals surface area contributed by atoms with Crippen LogP contribution in [-0.4, -0.2) is 28.3 Å². The van der Waals surface area contributed by atoms with Crippen molar-refractivity contribution in [3.63, 3.8) is 0 Å². The molecule has 0 bridgehead atoms. The zero-order chi connectivity index (χ0) is 13.0. The van der Waals surface area contributed by atoms with E-state index in [-0.39, 0.29) is 0 Å². The van der Waals surface area contributed by atoms with E-state index in [1.165, 1.54) is 5.56 Å². The van der Waals surface area contributed by atoms with Crippen LogP contribution in [0.4, 0.5) is 5.82 Å². The summed E-state index contributed by atoms with van der Waals surface area (Å²) in [7, 11) is 2.10. The van der Waals surface area contributed by atoms with Gasteiger partial charge in [-0.1, -0.05) is 28.1 Å². The van der Waals surface area contributed by atoms with Gasteiger partial charge in [0.25, 0.3) is 0 Å². The van der Waals surface area contributed by atoms with E-state index in [0.717, 1.165) is 24.1 Å². The second kappa shape index (κ2) is 6.02. The van der Waals surface area contributed by atoms with Crippen LogP contribution in [0.5, 0.6) is 0 Å². The summed E-state index contributed by atoms with van der Waals surface area (Å²) in [4.78, 5) is 2.26. The average Bonchev–Trinajstić information content (AvgIpc) is 2.73. The van der Waals surface area contributed by atoms with E-state index in [9.17, 15) is 0 Å². The highest BCUT2D eigenvalue weighted by Crippen LogP contribution is 2.12. The third-order valence-electron chi connectivity index (χ3n) is 2.71. The van der Waals surface area contributed by atoms with Crippen molar-refractivity contribution in [1.82, 2.24) is 14.7 Å². The standard InChI is InChI=1S/C13H17BrN4/c1-17(7-8-18-6-5-13(15)16-18)10-11-3-2-4-12(14)9-11/h2-6,9H,7-8,10H2,1H3,(H2,15,16). The molecule has 2 aromatic rings. The average molecular weight is 309 g/mol. The van der Waals surface area contributed by atoms with Crippen LogP contribution in [0.3, 0.4) is 0 Å². The molecule has 1 aromatic carbocycles. The van der Waals surface area contributed by atoms with Crippen LogP contribution in [0.1, 0.15) is 5.56 Å². The lowest BCUT2D eigenvalue weighted by Crippen LogP contribution is -2.23. The summed E-state index contributed by atoms with van der Waals surface area (Å²) in [6, 6.07) is 10.2. The number of nitrogens with two attached hydrogens (primary N) is 1. The highest BCUT2D eigenvalue weighted by molar-refractivity contribution is 9.10. The number of hydrogen-bond acceptors (Lipinski definition) is 3. The number of aromatic nitrogens is 2. The molecule has 0 radical (unpaired) electrons. The largest absolute Gasteiger partial charge is 0.382 e. The monoisotopic (exact) mass is 308 g/mol. The maximum atomic E-state index is 5.57. The number of benzene rings is 1. The van der Waals surface area contributed by atoms with Gasteiger partial charge in [0.05, 0.1) is 6.54 Å². The first-order valence-electron chi connectivity index (χ1n) is 5.85. The smallest absolute Gasteiger partial charge is 0.145 e. The van der Waals surface area contributed by atoms with Gasteiger partial charge in [0.15, 0.2) is 0 Å². The van der Waals surface area contributed by atoms with Crippen molar-refractivity contribution in [3.8, 4) is 0 Å². The molecule has 2 rings (SSSR count). The van der Waals surface area contributed by atoms with Gasteiger partial charge in [-0.25, -0.2) is 0 Å². The molecular formula is C13H17BrN4. The van der Waals surface area contributed by atoms with Crippen LogP contribution in [0.2, 0.25) is 0 Å². The molecule has 0 aliphatic carbocycles. The zero-order valence-electron chi connectivity index (χ0n) is 10.4. The van der Waals surface area contributed by atoms with Crippen LogP contribution in [-0.2, 0) is 13.1 Å². The lowest BCUT2D eigenvalue weighted by atomic mass is 10.2. The number of likely N-dealkylation sites (N-methyl/N-ethyl adjacent to an activating group) is 1. The van der Waals surface area contributed by atoms with Crippen molar-refractivity contribution >= 4 is 21.7 Å². The molecular weight excluding hydrogens is 292 g/mol. The number of rotatable bonds is 5. The van der Waals surface area contributed by atoms with Crippen LogP contribution in [0.25, 0.3) is 0 Å². The predicted molar refractivity (Wildman–Crippen MR) is 77.1 cm³/mol. The third kappa shape index (κ3) is 3.85. The first-order chi connectivity index (χ1) is 8.63.